The van der Waals surface area contributed by atoms with Crippen LogP contribution in [0.15, 0.2) is 35.5 Å². The molecule has 0 N–H and O–H groups in total. The molecule has 0 saturated heterocycles. The molecule has 0 amide bonds. The van der Waals surface area contributed by atoms with Crippen LogP contribution < -0.4 is 0 Å². The van der Waals surface area contributed by atoms with Gasteiger partial charge >= 0.3 is 5.97 Å². The molecule has 0 unspecified atom stereocenters. The van der Waals surface area contributed by atoms with Gasteiger partial charge in [-0.2, -0.15) is 0 Å². The Balaban J connectivity index is 1.48. The molecule has 4 aliphatic rings. The Labute approximate surface area is 203 Å². The van der Waals surface area contributed by atoms with E-state index >= 15 is 0 Å². The van der Waals surface area contributed by atoms with E-state index in [0.717, 1.165) is 42.9 Å². The van der Waals surface area contributed by atoms with Crippen molar-refractivity contribution in [2.45, 2.75) is 112 Å². The van der Waals surface area contributed by atoms with Crippen molar-refractivity contribution in [1.29, 1.82) is 0 Å². The molecule has 0 spiro atoms. The molecule has 2 heteroatoms. The maximum atomic E-state index is 12.1. The number of carbonyl (C=O) groups excluding carboxylic acids is 1. The van der Waals surface area contributed by atoms with E-state index in [4.69, 9.17) is 4.74 Å². The number of esters is 1. The molecule has 0 aliphatic heterocycles. The van der Waals surface area contributed by atoms with E-state index in [1.165, 1.54) is 44.1 Å². The van der Waals surface area contributed by atoms with Gasteiger partial charge in [-0.3, -0.25) is 4.79 Å². The van der Waals surface area contributed by atoms with Crippen molar-refractivity contribution in [3.05, 3.63) is 35.5 Å². The number of hydrogen-bond donors (Lipinski definition) is 0. The van der Waals surface area contributed by atoms with Crippen molar-refractivity contribution in [3.63, 3.8) is 0 Å². The van der Waals surface area contributed by atoms with Gasteiger partial charge in [0.25, 0.3) is 0 Å². The van der Waals surface area contributed by atoms with E-state index in [-0.39, 0.29) is 12.1 Å². The lowest BCUT2D eigenvalue weighted by atomic mass is 9.47. The van der Waals surface area contributed by atoms with E-state index in [9.17, 15) is 4.79 Å². The smallest absolute Gasteiger partial charge is 0.306 e. The summed E-state index contributed by atoms with van der Waals surface area (Å²) in [6, 6.07) is 0. The monoisotopic (exact) mass is 452 g/mol. The minimum atomic E-state index is -0.00132. The lowest BCUT2D eigenvalue weighted by molar-refractivity contribution is -0.151. The zero-order valence-corrected chi connectivity index (χ0v) is 22.2. The van der Waals surface area contributed by atoms with Crippen LogP contribution >= 0.6 is 0 Å². The van der Waals surface area contributed by atoms with Gasteiger partial charge in [0.1, 0.15) is 6.10 Å². The first-order valence-corrected chi connectivity index (χ1v) is 13.9. The first kappa shape index (κ1) is 24.8. The van der Waals surface area contributed by atoms with Crippen LogP contribution in [-0.4, -0.2) is 12.1 Å². The molecule has 4 rings (SSSR count). The lowest BCUT2D eigenvalue weighted by Gasteiger charge is -2.58. The molecule has 4 aliphatic carbocycles. The quantitative estimate of drug-likeness (QED) is 0.229. The van der Waals surface area contributed by atoms with Crippen molar-refractivity contribution in [2.75, 3.05) is 0 Å². The summed E-state index contributed by atoms with van der Waals surface area (Å²) in [7, 11) is 0. The van der Waals surface area contributed by atoms with Crippen molar-refractivity contribution in [2.24, 2.45) is 40.4 Å². The van der Waals surface area contributed by atoms with Crippen LogP contribution in [-0.2, 0) is 9.53 Å². The second-order valence-electron chi connectivity index (χ2n) is 12.6. The van der Waals surface area contributed by atoms with Crippen LogP contribution in [0.1, 0.15) is 106 Å². The summed E-state index contributed by atoms with van der Waals surface area (Å²) in [6.45, 7) is 14.1. The highest BCUT2D eigenvalue weighted by molar-refractivity contribution is 5.69. The Morgan fingerprint density at radius 3 is 2.67 bits per heavy atom. The van der Waals surface area contributed by atoms with Gasteiger partial charge < -0.3 is 4.74 Å². The van der Waals surface area contributed by atoms with Crippen molar-refractivity contribution >= 4 is 5.97 Å². The maximum Gasteiger partial charge on any atom is 0.306 e. The predicted molar refractivity (Wildman–Crippen MR) is 138 cm³/mol. The van der Waals surface area contributed by atoms with Gasteiger partial charge in [0, 0.05) is 12.8 Å². The fourth-order valence-electron chi connectivity index (χ4n) is 8.64. The Hall–Kier alpha value is -1.31. The van der Waals surface area contributed by atoms with Crippen LogP contribution in [0.4, 0.5) is 0 Å². The summed E-state index contributed by atoms with van der Waals surface area (Å²) in [4.78, 5) is 12.1. The average molecular weight is 453 g/mol. The molecule has 0 aromatic carbocycles. The van der Waals surface area contributed by atoms with E-state index in [2.05, 4.69) is 58.9 Å². The first-order valence-electron chi connectivity index (χ1n) is 13.9. The zero-order valence-electron chi connectivity index (χ0n) is 22.2. The second kappa shape index (κ2) is 9.74. The Morgan fingerprint density at radius 1 is 1.15 bits per heavy atom. The Bertz CT molecular complexity index is 815. The van der Waals surface area contributed by atoms with Crippen molar-refractivity contribution in [3.8, 4) is 0 Å². The number of allylic oxidation sites excluding steroid dienone is 5. The van der Waals surface area contributed by atoms with E-state index < -0.39 is 0 Å². The van der Waals surface area contributed by atoms with E-state index in [0.29, 0.717) is 23.2 Å². The molecule has 8 atom stereocenters. The van der Waals surface area contributed by atoms with Crippen LogP contribution in [0, 0.1) is 40.4 Å². The molecule has 2 nitrogen and oxygen atoms in total. The van der Waals surface area contributed by atoms with Gasteiger partial charge in [0.05, 0.1) is 0 Å². The number of carbonyl (C=O) groups is 1. The molecule has 0 radical (unpaired) electrons. The van der Waals surface area contributed by atoms with E-state index in [1.807, 2.05) is 6.92 Å². The number of fused-ring (bicyclic) bond motifs is 5. The molecule has 0 aromatic rings. The highest BCUT2D eigenvalue weighted by Gasteiger charge is 2.59. The SMILES string of the molecule is CCCC(=O)O[C@H]1CC[C@@]2(C)C(=CC[C@H]3[C@@H]4CC[C@H]([C@H](C)/C=C\C=C(C)C)[C@@]4(C)CC[C@@H]32)C1. The number of hydrogen-bond acceptors (Lipinski definition) is 2. The number of rotatable bonds is 6. The fourth-order valence-corrected chi connectivity index (χ4v) is 8.64. The zero-order chi connectivity index (χ0) is 23.8. The molecule has 3 saturated carbocycles. The molecular weight excluding hydrogens is 404 g/mol. The highest BCUT2D eigenvalue weighted by atomic mass is 16.5. The molecule has 0 aromatic heterocycles. The molecule has 0 bridgehead atoms. The summed E-state index contributed by atoms with van der Waals surface area (Å²) in [5.41, 5.74) is 3.80. The van der Waals surface area contributed by atoms with Gasteiger partial charge in [-0.05, 0) is 106 Å². The second-order valence-corrected chi connectivity index (χ2v) is 12.6. The third kappa shape index (κ3) is 4.65. The van der Waals surface area contributed by atoms with Crippen LogP contribution in [0.2, 0.25) is 0 Å². The molecular formula is C31H48O2. The Morgan fingerprint density at radius 2 is 1.94 bits per heavy atom. The molecule has 184 valence electrons. The third-order valence-electron chi connectivity index (χ3n) is 10.4. The largest absolute Gasteiger partial charge is 0.462 e. The lowest BCUT2D eigenvalue weighted by Crippen LogP contribution is -2.51. The topological polar surface area (TPSA) is 26.3 Å². The summed E-state index contributed by atoms with van der Waals surface area (Å²) in [5.74, 6) is 4.01. The van der Waals surface area contributed by atoms with Gasteiger partial charge in [-0.1, -0.05) is 63.1 Å². The summed E-state index contributed by atoms with van der Waals surface area (Å²) < 4.78 is 5.84. The maximum absolute atomic E-state index is 12.1. The van der Waals surface area contributed by atoms with Gasteiger partial charge in [0.15, 0.2) is 0 Å². The molecule has 3 fully saturated rings. The van der Waals surface area contributed by atoms with Gasteiger partial charge in [-0.25, -0.2) is 0 Å². The van der Waals surface area contributed by atoms with Gasteiger partial charge in [-0.15, -0.1) is 0 Å². The standard InChI is InChI=1S/C31H48O2/c1-7-9-29(32)33-24-16-18-30(5)23(20-24)12-13-25-27-15-14-26(22(4)11-8-10-21(2)3)31(27,6)19-17-28(25)30/h8,10-12,22,24-28H,7,9,13-20H2,1-6H3/b11-8-/t22-,24+,25+,26-,27+,28+,30+,31-/m1/s1. The summed E-state index contributed by atoms with van der Waals surface area (Å²) >= 11 is 0. The Kier molecular flexibility index (Phi) is 7.32. The van der Waals surface area contributed by atoms with Crippen molar-refractivity contribution in [1.82, 2.24) is 0 Å². The van der Waals surface area contributed by atoms with Crippen LogP contribution in [0.25, 0.3) is 0 Å². The predicted octanol–water partition coefficient (Wildman–Crippen LogP) is 8.44. The molecule has 33 heavy (non-hydrogen) atoms. The summed E-state index contributed by atoms with van der Waals surface area (Å²) in [6.07, 6.45) is 21.2. The normalized spacial score (nSPS) is 40.9. The van der Waals surface area contributed by atoms with E-state index in [1.54, 1.807) is 5.57 Å². The third-order valence-corrected chi connectivity index (χ3v) is 10.4. The highest BCUT2D eigenvalue weighted by Crippen LogP contribution is 2.67. The minimum Gasteiger partial charge on any atom is -0.462 e. The summed E-state index contributed by atoms with van der Waals surface area (Å²) in [5, 5.41) is 0. The van der Waals surface area contributed by atoms with Crippen molar-refractivity contribution < 1.29 is 9.53 Å². The van der Waals surface area contributed by atoms with Gasteiger partial charge in [0.2, 0.25) is 0 Å². The first-order chi connectivity index (χ1) is 15.7. The molecule has 0 heterocycles. The van der Waals surface area contributed by atoms with Crippen LogP contribution in [0.5, 0.6) is 0 Å². The fraction of sp³-hybridized carbons (Fsp3) is 0.774. The van der Waals surface area contributed by atoms with Crippen LogP contribution in [0.3, 0.4) is 0 Å². The number of ether oxygens (including phenoxy) is 1. The minimum absolute atomic E-state index is 0.00132. The average Bonchev–Trinajstić information content (AvgIpc) is 3.11.